The minimum Gasteiger partial charge on any atom is -0.456 e. The molecule has 0 atom stereocenters. The lowest BCUT2D eigenvalue weighted by Gasteiger charge is -1.97. The molecular weight excluding hydrogens is 192 g/mol. The van der Waals surface area contributed by atoms with Gasteiger partial charge in [-0.05, 0) is 26.0 Å². The zero-order valence-electron chi connectivity index (χ0n) is 8.70. The van der Waals surface area contributed by atoms with Crippen LogP contribution in [0.1, 0.15) is 18.2 Å². The topological polar surface area (TPSA) is 65.2 Å². The third-order valence-electron chi connectivity index (χ3n) is 1.68. The molecule has 4 heteroatoms. The minimum absolute atomic E-state index is 0.326. The number of ether oxygens (including phenoxy) is 1. The normalized spacial score (nSPS) is 8.93. The maximum absolute atomic E-state index is 11.0. The molecule has 0 fully saturated rings. The number of nitrogens with two attached hydrogens (primary N) is 1. The van der Waals surface area contributed by atoms with Crippen LogP contribution in [-0.4, -0.2) is 17.6 Å². The van der Waals surface area contributed by atoms with Crippen LogP contribution in [0.25, 0.3) is 0 Å². The fourth-order valence-corrected chi connectivity index (χ4v) is 0.998. The van der Waals surface area contributed by atoms with E-state index in [1.807, 2.05) is 0 Å². The molecule has 2 N–H and O–H groups in total. The monoisotopic (exact) mass is 204 g/mol. The van der Waals surface area contributed by atoms with E-state index in [1.54, 1.807) is 26.0 Å². The van der Waals surface area contributed by atoms with Crippen molar-refractivity contribution in [3.63, 3.8) is 0 Å². The second-order valence-corrected chi connectivity index (χ2v) is 2.84. The van der Waals surface area contributed by atoms with Gasteiger partial charge in [0.1, 0.15) is 5.82 Å². The number of esters is 1. The van der Waals surface area contributed by atoms with Crippen molar-refractivity contribution in [2.75, 3.05) is 12.3 Å². The fraction of sp³-hybridized carbons (Fsp3) is 0.273. The predicted octanol–water partition coefficient (Wildman–Crippen LogP) is 0.887. The minimum atomic E-state index is -0.534. The number of hydrogen-bond donors (Lipinski definition) is 1. The first-order chi connectivity index (χ1) is 7.13. The molecule has 0 bridgehead atoms. The van der Waals surface area contributed by atoms with Crippen LogP contribution in [0.3, 0.4) is 0 Å². The van der Waals surface area contributed by atoms with Gasteiger partial charge in [-0.15, -0.1) is 0 Å². The average molecular weight is 204 g/mol. The first-order valence-corrected chi connectivity index (χ1v) is 4.55. The van der Waals surface area contributed by atoms with Crippen LogP contribution in [0.2, 0.25) is 0 Å². The van der Waals surface area contributed by atoms with Crippen molar-refractivity contribution >= 4 is 11.8 Å². The van der Waals surface area contributed by atoms with Crippen LogP contribution in [0.4, 0.5) is 5.82 Å². The highest BCUT2D eigenvalue weighted by molar-refractivity contribution is 5.89. The summed E-state index contributed by atoms with van der Waals surface area (Å²) in [6.45, 7) is 3.84. The average Bonchev–Trinajstić information content (AvgIpc) is 2.17. The first kappa shape index (κ1) is 11.1. The third kappa shape index (κ3) is 3.31. The molecule has 1 aromatic heterocycles. The summed E-state index contributed by atoms with van der Waals surface area (Å²) < 4.78 is 4.67. The molecule has 78 valence electrons. The Hall–Kier alpha value is -2.02. The molecule has 1 heterocycles. The van der Waals surface area contributed by atoms with Crippen LogP contribution in [0.15, 0.2) is 12.1 Å². The molecule has 15 heavy (non-hydrogen) atoms. The Morgan fingerprint density at radius 2 is 2.33 bits per heavy atom. The van der Waals surface area contributed by atoms with E-state index in [9.17, 15) is 4.79 Å². The number of rotatable bonds is 1. The largest absolute Gasteiger partial charge is 0.456 e. The lowest BCUT2D eigenvalue weighted by Crippen LogP contribution is -2.00. The molecule has 4 nitrogen and oxygen atoms in total. The van der Waals surface area contributed by atoms with E-state index in [0.29, 0.717) is 23.7 Å². The van der Waals surface area contributed by atoms with Gasteiger partial charge in [0.15, 0.2) is 0 Å². The van der Waals surface area contributed by atoms with E-state index in [4.69, 9.17) is 5.73 Å². The summed E-state index contributed by atoms with van der Waals surface area (Å²) in [4.78, 5) is 15.0. The molecule has 0 saturated carbocycles. The van der Waals surface area contributed by atoms with E-state index in [1.165, 1.54) is 0 Å². The first-order valence-electron chi connectivity index (χ1n) is 4.55. The Bertz CT molecular complexity index is 430. The van der Waals surface area contributed by atoms with Gasteiger partial charge in [0.2, 0.25) is 0 Å². The number of hydrogen-bond acceptors (Lipinski definition) is 4. The van der Waals surface area contributed by atoms with E-state index in [0.717, 1.165) is 0 Å². The van der Waals surface area contributed by atoms with E-state index in [-0.39, 0.29) is 0 Å². The van der Waals surface area contributed by atoms with Crippen molar-refractivity contribution in [3.8, 4) is 11.8 Å². The number of aromatic nitrogens is 1. The molecule has 0 saturated heterocycles. The molecule has 0 aliphatic carbocycles. The SMILES string of the molecule is CCOC(=O)C#Cc1ccc(N)nc1C. The summed E-state index contributed by atoms with van der Waals surface area (Å²) in [6, 6.07) is 3.37. The number of nitrogen functional groups attached to an aromatic ring is 1. The van der Waals surface area contributed by atoms with Crippen molar-refractivity contribution in [2.24, 2.45) is 0 Å². The van der Waals surface area contributed by atoms with Gasteiger partial charge < -0.3 is 10.5 Å². The molecule has 1 aromatic rings. The summed E-state index contributed by atoms with van der Waals surface area (Å²) in [6.07, 6.45) is 0. The molecule has 0 amide bonds. The molecule has 0 aromatic carbocycles. The summed E-state index contributed by atoms with van der Waals surface area (Å²) in [7, 11) is 0. The second-order valence-electron chi connectivity index (χ2n) is 2.84. The van der Waals surface area contributed by atoms with Gasteiger partial charge in [0.25, 0.3) is 0 Å². The maximum atomic E-state index is 11.0. The summed E-state index contributed by atoms with van der Waals surface area (Å²) in [5, 5.41) is 0. The van der Waals surface area contributed by atoms with Crippen LogP contribution in [-0.2, 0) is 9.53 Å². The lowest BCUT2D eigenvalue weighted by atomic mass is 10.2. The zero-order chi connectivity index (χ0) is 11.3. The van der Waals surface area contributed by atoms with Gasteiger partial charge in [0.05, 0.1) is 12.3 Å². The fourth-order valence-electron chi connectivity index (χ4n) is 0.998. The Morgan fingerprint density at radius 3 is 2.93 bits per heavy atom. The van der Waals surface area contributed by atoms with Gasteiger partial charge in [0, 0.05) is 11.5 Å². The standard InChI is InChI=1S/C11H12N2O2/c1-3-15-11(14)7-5-9-4-6-10(12)13-8(9)2/h4,6H,3H2,1-2H3,(H2,12,13). The highest BCUT2D eigenvalue weighted by atomic mass is 16.5. The van der Waals surface area contributed by atoms with Crippen molar-refractivity contribution in [2.45, 2.75) is 13.8 Å². The molecule has 0 aliphatic heterocycles. The lowest BCUT2D eigenvalue weighted by molar-refractivity contribution is -0.136. The van der Waals surface area contributed by atoms with Gasteiger partial charge >= 0.3 is 5.97 Å². The summed E-state index contributed by atoms with van der Waals surface area (Å²) in [5.74, 6) is 4.96. The van der Waals surface area contributed by atoms with Crippen molar-refractivity contribution in [1.29, 1.82) is 0 Å². The number of carbonyl (C=O) groups excluding carboxylic acids is 1. The molecule has 0 aliphatic rings. The molecular formula is C11H12N2O2. The smallest absolute Gasteiger partial charge is 0.384 e. The maximum Gasteiger partial charge on any atom is 0.384 e. The molecule has 0 radical (unpaired) electrons. The van der Waals surface area contributed by atoms with Crippen molar-refractivity contribution in [3.05, 3.63) is 23.4 Å². The quantitative estimate of drug-likeness (QED) is 0.545. The number of carbonyl (C=O) groups is 1. The zero-order valence-corrected chi connectivity index (χ0v) is 8.70. The Kier molecular flexibility index (Phi) is 3.69. The van der Waals surface area contributed by atoms with Crippen LogP contribution < -0.4 is 5.73 Å². The van der Waals surface area contributed by atoms with E-state index < -0.39 is 5.97 Å². The third-order valence-corrected chi connectivity index (χ3v) is 1.68. The number of nitrogens with zero attached hydrogens (tertiary/aromatic N) is 1. The van der Waals surface area contributed by atoms with Crippen LogP contribution in [0.5, 0.6) is 0 Å². The molecule has 1 rings (SSSR count). The van der Waals surface area contributed by atoms with Gasteiger partial charge in [-0.3, -0.25) is 0 Å². The molecule has 0 unspecified atom stereocenters. The van der Waals surface area contributed by atoms with Crippen molar-refractivity contribution < 1.29 is 9.53 Å². The van der Waals surface area contributed by atoms with Crippen LogP contribution >= 0.6 is 0 Å². The highest BCUT2D eigenvalue weighted by Gasteiger charge is 1.97. The highest BCUT2D eigenvalue weighted by Crippen LogP contribution is 2.05. The Balaban J connectivity index is 2.84. The van der Waals surface area contributed by atoms with Crippen LogP contribution in [0, 0.1) is 18.8 Å². The van der Waals surface area contributed by atoms with Gasteiger partial charge in [-0.1, -0.05) is 5.92 Å². The Morgan fingerprint density at radius 1 is 1.60 bits per heavy atom. The second kappa shape index (κ2) is 5.01. The Labute approximate surface area is 88.5 Å². The van der Waals surface area contributed by atoms with Gasteiger partial charge in [-0.2, -0.15) is 0 Å². The van der Waals surface area contributed by atoms with Crippen molar-refractivity contribution in [1.82, 2.24) is 4.98 Å². The van der Waals surface area contributed by atoms with E-state index >= 15 is 0 Å². The number of aryl methyl sites for hydroxylation is 1. The summed E-state index contributed by atoms with van der Waals surface area (Å²) >= 11 is 0. The summed E-state index contributed by atoms with van der Waals surface area (Å²) in [5.41, 5.74) is 6.86. The van der Waals surface area contributed by atoms with E-state index in [2.05, 4.69) is 21.6 Å². The molecule has 0 spiro atoms. The number of anilines is 1. The predicted molar refractivity (Wildman–Crippen MR) is 56.9 cm³/mol. The van der Waals surface area contributed by atoms with Gasteiger partial charge in [-0.25, -0.2) is 9.78 Å². The number of pyridine rings is 1.